The van der Waals surface area contributed by atoms with Crippen molar-refractivity contribution in [3.05, 3.63) is 0 Å². The molecule has 0 aromatic carbocycles. The molecule has 0 radical (unpaired) electrons. The van der Waals surface area contributed by atoms with E-state index in [9.17, 15) is 18.4 Å². The number of piperidine rings is 1. The molecule has 3 N–H and O–H groups in total. The van der Waals surface area contributed by atoms with Gasteiger partial charge in [0.25, 0.3) is 0 Å². The van der Waals surface area contributed by atoms with E-state index in [1.165, 1.54) is 17.7 Å². The molecule has 4 fully saturated rings. The molecule has 2 aliphatic heterocycles. The zero-order valence-electron chi connectivity index (χ0n) is 17.3. The Kier molecular flexibility index (Phi) is 5.64. The molecular weight excluding hydrogens is 392 g/mol. The molecule has 4 rings (SSSR count). The van der Waals surface area contributed by atoms with E-state index in [-0.39, 0.29) is 24.3 Å². The molecule has 1 unspecified atom stereocenters. The van der Waals surface area contributed by atoms with E-state index in [2.05, 4.69) is 10.2 Å². The molecule has 3 amide bonds. The minimum Gasteiger partial charge on any atom is -0.351 e. The van der Waals surface area contributed by atoms with E-state index in [1.807, 2.05) is 6.07 Å². The van der Waals surface area contributed by atoms with Crippen LogP contribution in [-0.2, 0) is 4.79 Å². The molecule has 2 saturated carbocycles. The van der Waals surface area contributed by atoms with Crippen LogP contribution in [0.3, 0.4) is 0 Å². The highest BCUT2D eigenvalue weighted by Gasteiger charge is 2.60. The third kappa shape index (κ3) is 4.39. The summed E-state index contributed by atoms with van der Waals surface area (Å²) in [5.74, 6) is -4.61. The normalized spacial score (nSPS) is 27.2. The molecule has 2 aliphatic carbocycles. The van der Waals surface area contributed by atoms with Gasteiger partial charge in [0.2, 0.25) is 11.8 Å². The zero-order valence-corrected chi connectivity index (χ0v) is 17.3. The summed E-state index contributed by atoms with van der Waals surface area (Å²) in [6, 6.07) is 1.16. The number of likely N-dealkylation sites (tertiary alicyclic amines) is 2. The molecule has 0 aromatic heterocycles. The number of carbonyl (C=O) groups excluding carboxylic acids is 2. The molecule has 0 bridgehead atoms. The van der Waals surface area contributed by atoms with Gasteiger partial charge in [0.15, 0.2) is 0 Å². The Morgan fingerprint density at radius 3 is 2.43 bits per heavy atom. The van der Waals surface area contributed by atoms with Gasteiger partial charge >= 0.3 is 6.03 Å². The maximum atomic E-state index is 14.8. The van der Waals surface area contributed by atoms with Crippen molar-refractivity contribution in [3.8, 4) is 6.07 Å². The predicted octanol–water partition coefficient (Wildman–Crippen LogP) is 2.08. The molecule has 166 valence electrons. The molecule has 0 aromatic rings. The van der Waals surface area contributed by atoms with E-state index in [0.717, 1.165) is 38.8 Å². The Hall–Kier alpha value is -1.95. The Labute approximate surface area is 175 Å². The van der Waals surface area contributed by atoms with E-state index in [4.69, 9.17) is 11.0 Å². The van der Waals surface area contributed by atoms with Crippen LogP contribution in [0.1, 0.15) is 51.4 Å². The lowest BCUT2D eigenvalue weighted by molar-refractivity contribution is -0.153. The van der Waals surface area contributed by atoms with Crippen molar-refractivity contribution >= 4 is 11.9 Å². The average molecular weight is 424 g/mol. The standard InChI is InChI=1S/C21H31F2N5O2/c22-21(23,11-14-1-2-14)12-16(18(29)26-8-7-24)17-20(13-28(17)19(25)30)5-9-27(10-6-20)15-3-4-15/h14-17H,1-6,8-13H2,(H2,25,30)(H,26,29)/t16-,17?/m0/s1. The summed E-state index contributed by atoms with van der Waals surface area (Å²) in [6.07, 6.45) is 4.73. The van der Waals surface area contributed by atoms with Crippen LogP contribution in [0.5, 0.6) is 0 Å². The highest BCUT2D eigenvalue weighted by atomic mass is 19.3. The molecule has 9 heteroatoms. The first-order valence-electron chi connectivity index (χ1n) is 11.1. The predicted molar refractivity (Wildman–Crippen MR) is 105 cm³/mol. The van der Waals surface area contributed by atoms with E-state index in [1.54, 1.807) is 0 Å². The van der Waals surface area contributed by atoms with Gasteiger partial charge in [-0.3, -0.25) is 4.79 Å². The number of nitrogens with one attached hydrogen (secondary N) is 1. The van der Waals surface area contributed by atoms with Crippen LogP contribution in [0.4, 0.5) is 13.6 Å². The summed E-state index contributed by atoms with van der Waals surface area (Å²) < 4.78 is 29.7. The van der Waals surface area contributed by atoms with E-state index >= 15 is 0 Å². The maximum Gasteiger partial charge on any atom is 0.315 e. The Morgan fingerprint density at radius 1 is 1.23 bits per heavy atom. The quantitative estimate of drug-likeness (QED) is 0.584. The second-order valence-electron chi connectivity index (χ2n) is 9.73. The molecule has 2 heterocycles. The van der Waals surface area contributed by atoms with Crippen molar-refractivity contribution in [3.63, 3.8) is 0 Å². The lowest BCUT2D eigenvalue weighted by atomic mass is 9.60. The number of halogens is 2. The summed E-state index contributed by atoms with van der Waals surface area (Å²) >= 11 is 0. The minimum absolute atomic E-state index is 0.0206. The smallest absolute Gasteiger partial charge is 0.315 e. The fourth-order valence-corrected chi connectivity index (χ4v) is 5.59. The molecule has 2 atom stereocenters. The van der Waals surface area contributed by atoms with Crippen molar-refractivity contribution in [2.24, 2.45) is 23.0 Å². The van der Waals surface area contributed by atoms with Crippen molar-refractivity contribution in [2.45, 2.75) is 69.4 Å². The van der Waals surface area contributed by atoms with Gasteiger partial charge in [0.05, 0.1) is 18.0 Å². The first-order chi connectivity index (χ1) is 14.2. The van der Waals surface area contributed by atoms with E-state index in [0.29, 0.717) is 12.6 Å². The number of amides is 3. The van der Waals surface area contributed by atoms with Gasteiger partial charge in [0, 0.05) is 30.8 Å². The van der Waals surface area contributed by atoms with Crippen LogP contribution in [0.2, 0.25) is 0 Å². The third-order valence-corrected chi connectivity index (χ3v) is 7.45. The van der Waals surface area contributed by atoms with Gasteiger partial charge < -0.3 is 20.9 Å². The first-order valence-corrected chi connectivity index (χ1v) is 11.1. The number of nitrogens with zero attached hydrogens (tertiary/aromatic N) is 3. The highest BCUT2D eigenvalue weighted by molar-refractivity contribution is 5.82. The third-order valence-electron chi connectivity index (χ3n) is 7.45. The van der Waals surface area contributed by atoms with Crippen molar-refractivity contribution in [1.29, 1.82) is 5.26 Å². The number of primary amides is 1. The number of alkyl halides is 2. The van der Waals surface area contributed by atoms with Gasteiger partial charge in [-0.05, 0) is 57.5 Å². The topological polar surface area (TPSA) is 102 Å². The van der Waals surface area contributed by atoms with E-state index < -0.39 is 36.2 Å². The fraction of sp³-hybridized carbons (Fsp3) is 0.857. The van der Waals surface area contributed by atoms with Crippen LogP contribution in [0.25, 0.3) is 0 Å². The second-order valence-corrected chi connectivity index (χ2v) is 9.73. The lowest BCUT2D eigenvalue weighted by Crippen LogP contribution is -2.73. The number of urea groups is 1. The van der Waals surface area contributed by atoms with Gasteiger partial charge in [-0.25, -0.2) is 13.6 Å². The highest BCUT2D eigenvalue weighted by Crippen LogP contribution is 2.52. The number of nitriles is 1. The van der Waals surface area contributed by atoms with Gasteiger partial charge in [0.1, 0.15) is 6.54 Å². The minimum atomic E-state index is -2.98. The summed E-state index contributed by atoms with van der Waals surface area (Å²) in [5.41, 5.74) is 5.20. The van der Waals surface area contributed by atoms with Gasteiger partial charge in [-0.15, -0.1) is 0 Å². The van der Waals surface area contributed by atoms with Crippen LogP contribution in [0, 0.1) is 28.6 Å². The summed E-state index contributed by atoms with van der Waals surface area (Å²) in [6.45, 7) is 1.90. The maximum absolute atomic E-state index is 14.8. The van der Waals surface area contributed by atoms with Gasteiger partial charge in [-0.1, -0.05) is 0 Å². The Balaban J connectivity index is 1.55. The Bertz CT molecular complexity index is 723. The van der Waals surface area contributed by atoms with Crippen molar-refractivity contribution < 1.29 is 18.4 Å². The summed E-state index contributed by atoms with van der Waals surface area (Å²) in [5, 5.41) is 11.3. The lowest BCUT2D eigenvalue weighted by Gasteiger charge is -2.62. The van der Waals surface area contributed by atoms with Crippen LogP contribution in [0.15, 0.2) is 0 Å². The largest absolute Gasteiger partial charge is 0.351 e. The van der Waals surface area contributed by atoms with Crippen molar-refractivity contribution in [2.75, 3.05) is 26.2 Å². The second kappa shape index (κ2) is 7.95. The molecule has 2 saturated heterocycles. The molecule has 4 aliphatic rings. The molecule has 7 nitrogen and oxygen atoms in total. The summed E-state index contributed by atoms with van der Waals surface area (Å²) in [4.78, 5) is 28.8. The number of nitrogens with two attached hydrogens (primary N) is 1. The number of hydrogen-bond donors (Lipinski definition) is 2. The number of carbonyl (C=O) groups is 2. The average Bonchev–Trinajstić information content (AvgIpc) is 3.58. The molecule has 1 spiro atoms. The molecular formula is C21H31F2N5O2. The number of hydrogen-bond acceptors (Lipinski definition) is 4. The fourth-order valence-electron chi connectivity index (χ4n) is 5.59. The molecule has 30 heavy (non-hydrogen) atoms. The monoisotopic (exact) mass is 423 g/mol. The Morgan fingerprint density at radius 2 is 1.90 bits per heavy atom. The van der Waals surface area contributed by atoms with Crippen molar-refractivity contribution in [1.82, 2.24) is 15.1 Å². The van der Waals surface area contributed by atoms with Crippen LogP contribution < -0.4 is 11.1 Å². The van der Waals surface area contributed by atoms with Crippen LogP contribution in [-0.4, -0.2) is 65.9 Å². The number of rotatable bonds is 8. The zero-order chi connectivity index (χ0) is 21.5. The van der Waals surface area contributed by atoms with Gasteiger partial charge in [-0.2, -0.15) is 5.26 Å². The SMILES string of the molecule is N#CCNC(=O)[C@@H](CC(F)(F)CC1CC1)C1N(C(N)=O)CC12CCN(C1CC1)CC2. The summed E-state index contributed by atoms with van der Waals surface area (Å²) in [7, 11) is 0. The van der Waals surface area contributed by atoms with Crippen LogP contribution >= 0.6 is 0 Å². The first kappa shape index (κ1) is 21.3.